The zero-order valence-electron chi connectivity index (χ0n) is 13.3. The Hall–Kier alpha value is -1.80. The zero-order valence-corrected chi connectivity index (χ0v) is 15.6. The lowest BCUT2D eigenvalue weighted by Crippen LogP contribution is -2.22. The summed E-state index contributed by atoms with van der Waals surface area (Å²) in [6.07, 6.45) is 0. The van der Waals surface area contributed by atoms with Crippen LogP contribution in [-0.4, -0.2) is 9.50 Å². The fourth-order valence-electron chi connectivity index (χ4n) is 2.65. The summed E-state index contributed by atoms with van der Waals surface area (Å²) in [5, 5.41) is 0. The Kier molecular flexibility index (Phi) is 5.80. The van der Waals surface area contributed by atoms with Gasteiger partial charge in [0.25, 0.3) is 0 Å². The standard InChI is InChI=1S/C21H16Cl3N/c22-21(23,24)20(18-14-8-3-9-15-18)25-19(16-10-4-1-5-11-16)17-12-6-2-7-13-17/h1-15,19H. The van der Waals surface area contributed by atoms with E-state index < -0.39 is 3.79 Å². The van der Waals surface area contributed by atoms with Crippen molar-refractivity contribution in [2.24, 2.45) is 4.99 Å². The van der Waals surface area contributed by atoms with Gasteiger partial charge in [-0.25, -0.2) is 0 Å². The van der Waals surface area contributed by atoms with E-state index in [1.165, 1.54) is 0 Å². The summed E-state index contributed by atoms with van der Waals surface area (Å²) >= 11 is 18.8. The first-order valence-electron chi connectivity index (χ1n) is 7.86. The number of alkyl halides is 3. The summed E-state index contributed by atoms with van der Waals surface area (Å²) in [7, 11) is 0. The van der Waals surface area contributed by atoms with Crippen LogP contribution in [0.3, 0.4) is 0 Å². The van der Waals surface area contributed by atoms with Crippen LogP contribution in [0.4, 0.5) is 0 Å². The molecule has 0 fully saturated rings. The fraction of sp³-hybridized carbons (Fsp3) is 0.0952. The van der Waals surface area contributed by atoms with Crippen LogP contribution in [0, 0.1) is 0 Å². The number of aliphatic imine (C=N–C) groups is 1. The molecule has 25 heavy (non-hydrogen) atoms. The molecule has 4 heteroatoms. The Labute approximate surface area is 162 Å². The molecule has 0 bridgehead atoms. The van der Waals surface area contributed by atoms with Crippen molar-refractivity contribution in [2.75, 3.05) is 0 Å². The van der Waals surface area contributed by atoms with Gasteiger partial charge in [0.05, 0.1) is 5.71 Å². The van der Waals surface area contributed by atoms with Gasteiger partial charge in [0.1, 0.15) is 6.04 Å². The molecule has 0 N–H and O–H groups in total. The van der Waals surface area contributed by atoms with Crippen molar-refractivity contribution in [3.63, 3.8) is 0 Å². The van der Waals surface area contributed by atoms with Crippen LogP contribution in [0.2, 0.25) is 0 Å². The van der Waals surface area contributed by atoms with Crippen LogP contribution < -0.4 is 0 Å². The van der Waals surface area contributed by atoms with Crippen LogP contribution in [-0.2, 0) is 0 Å². The highest BCUT2D eigenvalue weighted by molar-refractivity contribution is 6.78. The molecule has 0 amide bonds. The van der Waals surface area contributed by atoms with Crippen molar-refractivity contribution in [1.29, 1.82) is 0 Å². The second-order valence-electron chi connectivity index (χ2n) is 5.57. The molecular formula is C21H16Cl3N. The zero-order chi connectivity index (χ0) is 17.7. The Morgan fingerprint density at radius 1 is 0.640 bits per heavy atom. The molecule has 0 aromatic heterocycles. The first-order valence-corrected chi connectivity index (χ1v) is 8.99. The SMILES string of the molecule is ClC(Cl)(Cl)C(=NC(c1ccccc1)c1ccccc1)c1ccccc1. The number of benzene rings is 3. The third-order valence-electron chi connectivity index (χ3n) is 3.80. The van der Waals surface area contributed by atoms with E-state index in [1.54, 1.807) is 0 Å². The van der Waals surface area contributed by atoms with E-state index in [9.17, 15) is 0 Å². The van der Waals surface area contributed by atoms with E-state index in [4.69, 9.17) is 39.8 Å². The Morgan fingerprint density at radius 3 is 1.44 bits per heavy atom. The molecule has 0 unspecified atom stereocenters. The van der Waals surface area contributed by atoms with Gasteiger partial charge in [0.2, 0.25) is 3.79 Å². The molecule has 0 heterocycles. The average Bonchev–Trinajstić information content (AvgIpc) is 2.63. The molecule has 0 atom stereocenters. The van der Waals surface area contributed by atoms with Crippen molar-refractivity contribution < 1.29 is 0 Å². The van der Waals surface area contributed by atoms with Crippen LogP contribution in [0.1, 0.15) is 22.7 Å². The van der Waals surface area contributed by atoms with Gasteiger partial charge in [0.15, 0.2) is 0 Å². The van der Waals surface area contributed by atoms with Gasteiger partial charge in [-0.2, -0.15) is 0 Å². The molecule has 0 aliphatic rings. The highest BCUT2D eigenvalue weighted by Crippen LogP contribution is 2.35. The van der Waals surface area contributed by atoms with Crippen LogP contribution in [0.25, 0.3) is 0 Å². The lowest BCUT2D eigenvalue weighted by atomic mass is 9.98. The van der Waals surface area contributed by atoms with Crippen LogP contribution in [0.5, 0.6) is 0 Å². The second kappa shape index (κ2) is 8.05. The minimum absolute atomic E-state index is 0.256. The molecule has 0 radical (unpaired) electrons. The molecule has 126 valence electrons. The van der Waals surface area contributed by atoms with Crippen molar-refractivity contribution in [3.05, 3.63) is 108 Å². The normalized spacial score (nSPS) is 12.4. The summed E-state index contributed by atoms with van der Waals surface area (Å²) in [5.74, 6) is 0. The third kappa shape index (κ3) is 4.64. The van der Waals surface area contributed by atoms with Gasteiger partial charge in [-0.1, -0.05) is 126 Å². The third-order valence-corrected chi connectivity index (χ3v) is 4.34. The first-order chi connectivity index (χ1) is 12.1. The topological polar surface area (TPSA) is 12.4 Å². The van der Waals surface area contributed by atoms with Gasteiger partial charge in [0, 0.05) is 0 Å². The smallest absolute Gasteiger partial charge is 0.232 e. The minimum atomic E-state index is -1.62. The number of hydrogen-bond donors (Lipinski definition) is 0. The molecule has 3 rings (SSSR count). The largest absolute Gasteiger partial charge is 0.272 e. The lowest BCUT2D eigenvalue weighted by Gasteiger charge is -2.20. The van der Waals surface area contributed by atoms with Gasteiger partial charge < -0.3 is 0 Å². The van der Waals surface area contributed by atoms with Gasteiger partial charge in [-0.05, 0) is 16.7 Å². The van der Waals surface area contributed by atoms with E-state index in [-0.39, 0.29) is 6.04 Å². The predicted molar refractivity (Wildman–Crippen MR) is 108 cm³/mol. The van der Waals surface area contributed by atoms with Crippen LogP contribution >= 0.6 is 34.8 Å². The molecule has 0 saturated carbocycles. The highest BCUT2D eigenvalue weighted by atomic mass is 35.6. The maximum atomic E-state index is 6.25. The summed E-state index contributed by atoms with van der Waals surface area (Å²) in [5.41, 5.74) is 3.29. The van der Waals surface area contributed by atoms with E-state index in [1.807, 2.05) is 91.0 Å². The monoisotopic (exact) mass is 387 g/mol. The molecule has 0 saturated heterocycles. The van der Waals surface area contributed by atoms with E-state index in [0.29, 0.717) is 5.71 Å². The summed E-state index contributed by atoms with van der Waals surface area (Å²) in [6.45, 7) is 0. The fourth-order valence-corrected chi connectivity index (χ4v) is 3.12. The van der Waals surface area contributed by atoms with Crippen molar-refractivity contribution >= 4 is 40.5 Å². The molecule has 1 nitrogen and oxygen atoms in total. The average molecular weight is 389 g/mol. The minimum Gasteiger partial charge on any atom is -0.272 e. The predicted octanol–water partition coefficient (Wildman–Crippen LogP) is 6.64. The maximum absolute atomic E-state index is 6.25. The Bertz CT molecular complexity index is 786. The van der Waals surface area contributed by atoms with Gasteiger partial charge in [-0.3, -0.25) is 4.99 Å². The van der Waals surface area contributed by atoms with Crippen molar-refractivity contribution in [2.45, 2.75) is 9.83 Å². The molecule has 3 aromatic carbocycles. The molecule has 0 aliphatic carbocycles. The highest BCUT2D eigenvalue weighted by Gasteiger charge is 2.30. The van der Waals surface area contributed by atoms with E-state index >= 15 is 0 Å². The number of halogens is 3. The first kappa shape index (κ1) is 18.0. The number of hydrogen-bond acceptors (Lipinski definition) is 1. The molecule has 0 spiro atoms. The summed E-state index contributed by atoms with van der Waals surface area (Å²) < 4.78 is -1.62. The molecule has 3 aromatic rings. The quantitative estimate of drug-likeness (QED) is 0.351. The van der Waals surface area contributed by atoms with Crippen LogP contribution in [0.15, 0.2) is 96.0 Å². The second-order valence-corrected chi connectivity index (χ2v) is 7.85. The summed E-state index contributed by atoms with van der Waals surface area (Å²) in [6, 6.07) is 29.3. The van der Waals surface area contributed by atoms with Gasteiger partial charge in [-0.15, -0.1) is 0 Å². The Morgan fingerprint density at radius 2 is 1.04 bits per heavy atom. The van der Waals surface area contributed by atoms with Crippen molar-refractivity contribution in [3.8, 4) is 0 Å². The molecule has 0 aliphatic heterocycles. The number of nitrogens with zero attached hydrogens (tertiary/aromatic N) is 1. The summed E-state index contributed by atoms with van der Waals surface area (Å²) in [4.78, 5) is 4.88. The number of rotatable bonds is 4. The van der Waals surface area contributed by atoms with Crippen molar-refractivity contribution in [1.82, 2.24) is 0 Å². The Balaban J connectivity index is 2.16. The lowest BCUT2D eigenvalue weighted by molar-refractivity contribution is 0.869. The molecular weight excluding hydrogens is 373 g/mol. The van der Waals surface area contributed by atoms with Gasteiger partial charge >= 0.3 is 0 Å². The maximum Gasteiger partial charge on any atom is 0.232 e. The van der Waals surface area contributed by atoms with E-state index in [2.05, 4.69) is 0 Å². The van der Waals surface area contributed by atoms with E-state index in [0.717, 1.165) is 16.7 Å².